The van der Waals surface area contributed by atoms with Gasteiger partial charge in [-0.2, -0.15) is 0 Å². The van der Waals surface area contributed by atoms with Crippen molar-refractivity contribution in [3.8, 4) is 5.88 Å². The van der Waals surface area contributed by atoms with Gasteiger partial charge < -0.3 is 4.74 Å². The van der Waals surface area contributed by atoms with Crippen molar-refractivity contribution in [1.29, 1.82) is 0 Å². The van der Waals surface area contributed by atoms with Crippen LogP contribution in [0.3, 0.4) is 0 Å². The fourth-order valence-corrected chi connectivity index (χ4v) is 1.77. The Morgan fingerprint density at radius 2 is 1.76 bits per heavy atom. The van der Waals surface area contributed by atoms with Gasteiger partial charge in [-0.05, 0) is 12.0 Å². The molecule has 0 saturated heterocycles. The molecule has 2 heteroatoms. The van der Waals surface area contributed by atoms with Crippen molar-refractivity contribution in [3.05, 3.63) is 24.4 Å². The molecule has 0 aromatic carbocycles. The fourth-order valence-electron chi connectivity index (χ4n) is 1.77. The van der Waals surface area contributed by atoms with E-state index >= 15 is 0 Å². The van der Waals surface area contributed by atoms with Gasteiger partial charge in [-0.1, -0.05) is 58.9 Å². The summed E-state index contributed by atoms with van der Waals surface area (Å²) in [6, 6.07) is 5.54. The van der Waals surface area contributed by atoms with E-state index in [1.807, 2.05) is 26.0 Å². The summed E-state index contributed by atoms with van der Waals surface area (Å²) >= 11 is 0. The second-order valence-electron chi connectivity index (χ2n) is 4.12. The predicted octanol–water partition coefficient (Wildman–Crippen LogP) is 4.70. The van der Waals surface area contributed by atoms with E-state index in [2.05, 4.69) is 11.9 Å². The first-order valence-corrected chi connectivity index (χ1v) is 6.78. The van der Waals surface area contributed by atoms with Gasteiger partial charge in [0.25, 0.3) is 0 Å². The number of methoxy groups -OCH3 is 1. The molecule has 0 radical (unpaired) electrons. The Morgan fingerprint density at radius 1 is 1.12 bits per heavy atom. The zero-order chi connectivity index (χ0) is 12.9. The van der Waals surface area contributed by atoms with Crippen LogP contribution < -0.4 is 4.74 Å². The Morgan fingerprint density at radius 3 is 2.06 bits per heavy atom. The highest BCUT2D eigenvalue weighted by Crippen LogP contribution is 2.22. The molecule has 0 bridgehead atoms. The molecule has 0 amide bonds. The minimum absolute atomic E-state index is 0.660. The molecule has 2 nitrogen and oxygen atoms in total. The van der Waals surface area contributed by atoms with E-state index in [9.17, 15) is 0 Å². The number of aromatic nitrogens is 1. The molecular weight excluding hydrogens is 210 g/mol. The predicted molar refractivity (Wildman–Crippen MR) is 74.4 cm³/mol. The highest BCUT2D eigenvalue weighted by atomic mass is 16.5. The number of rotatable bonds is 1. The molecule has 0 spiro atoms. The molecule has 17 heavy (non-hydrogen) atoms. The lowest BCUT2D eigenvalue weighted by Gasteiger charge is -2.15. The van der Waals surface area contributed by atoms with Crippen LogP contribution in [0.1, 0.15) is 52.9 Å². The monoisotopic (exact) mass is 237 g/mol. The second kappa shape index (κ2) is 11.4. The highest BCUT2D eigenvalue weighted by Gasteiger charge is 2.05. The lowest BCUT2D eigenvalue weighted by atomic mass is 9.91. The van der Waals surface area contributed by atoms with Crippen molar-refractivity contribution in [2.75, 3.05) is 7.11 Å². The maximum atomic E-state index is 4.80. The molecule has 0 N–H and O–H groups in total. The third kappa shape index (κ3) is 8.73. The molecule has 0 unspecified atom stereocenters. The van der Waals surface area contributed by atoms with Crippen LogP contribution in [-0.4, -0.2) is 12.1 Å². The van der Waals surface area contributed by atoms with Gasteiger partial charge >= 0.3 is 0 Å². The molecule has 1 aromatic heterocycles. The third-order valence-corrected chi connectivity index (χ3v) is 2.74. The Balaban J connectivity index is 0.000000265. The van der Waals surface area contributed by atoms with E-state index in [4.69, 9.17) is 4.74 Å². The summed E-state index contributed by atoms with van der Waals surface area (Å²) in [5, 5.41) is 0. The maximum absolute atomic E-state index is 4.80. The van der Waals surface area contributed by atoms with Crippen LogP contribution in [-0.2, 0) is 0 Å². The van der Waals surface area contributed by atoms with Gasteiger partial charge in [0.15, 0.2) is 0 Å². The molecule has 1 aromatic rings. The molecule has 0 atom stereocenters. The van der Waals surface area contributed by atoms with Crippen molar-refractivity contribution in [3.63, 3.8) is 0 Å². The molecule has 1 aliphatic carbocycles. The average Bonchev–Trinajstić information content (AvgIpc) is 2.43. The Hall–Kier alpha value is -1.05. The summed E-state index contributed by atoms with van der Waals surface area (Å²) in [5.74, 6) is 1.70. The van der Waals surface area contributed by atoms with Crippen LogP contribution in [0, 0.1) is 5.92 Å². The van der Waals surface area contributed by atoms with Crippen LogP contribution in [0.15, 0.2) is 24.4 Å². The van der Waals surface area contributed by atoms with Crippen LogP contribution in [0.25, 0.3) is 0 Å². The number of pyridine rings is 1. The molecule has 1 heterocycles. The average molecular weight is 237 g/mol. The summed E-state index contributed by atoms with van der Waals surface area (Å²) in [6.07, 6.45) is 9.13. The topological polar surface area (TPSA) is 22.1 Å². The van der Waals surface area contributed by atoms with E-state index < -0.39 is 0 Å². The summed E-state index contributed by atoms with van der Waals surface area (Å²) < 4.78 is 4.80. The maximum Gasteiger partial charge on any atom is 0.212 e. The second-order valence-corrected chi connectivity index (χ2v) is 4.12. The number of ether oxygens (including phenoxy) is 1. The van der Waals surface area contributed by atoms with Crippen molar-refractivity contribution < 1.29 is 4.74 Å². The van der Waals surface area contributed by atoms with Gasteiger partial charge in [0, 0.05) is 12.3 Å². The smallest absolute Gasteiger partial charge is 0.212 e. The van der Waals surface area contributed by atoms with Gasteiger partial charge in [-0.25, -0.2) is 4.98 Å². The van der Waals surface area contributed by atoms with E-state index in [0.717, 1.165) is 5.92 Å². The van der Waals surface area contributed by atoms with Crippen molar-refractivity contribution in [2.45, 2.75) is 52.9 Å². The summed E-state index contributed by atoms with van der Waals surface area (Å²) in [6.45, 7) is 6.36. The zero-order valence-corrected chi connectivity index (χ0v) is 11.8. The summed E-state index contributed by atoms with van der Waals surface area (Å²) in [4.78, 5) is 3.88. The molecule has 1 fully saturated rings. The largest absolute Gasteiger partial charge is 0.481 e. The Bertz CT molecular complexity index is 242. The minimum Gasteiger partial charge on any atom is -0.481 e. The first-order valence-electron chi connectivity index (χ1n) is 6.78. The van der Waals surface area contributed by atoms with E-state index in [0.29, 0.717) is 5.88 Å². The van der Waals surface area contributed by atoms with Crippen LogP contribution in [0.2, 0.25) is 0 Å². The van der Waals surface area contributed by atoms with Gasteiger partial charge in [-0.15, -0.1) is 0 Å². The molecule has 98 valence electrons. The van der Waals surface area contributed by atoms with E-state index in [1.165, 1.54) is 32.1 Å². The molecule has 2 rings (SSSR count). The molecular formula is C15H27NO. The Labute approximate surface area is 106 Å². The van der Waals surface area contributed by atoms with Crippen molar-refractivity contribution in [2.24, 2.45) is 5.92 Å². The Kier molecular flexibility index (Phi) is 10.7. The molecule has 1 saturated carbocycles. The van der Waals surface area contributed by atoms with Gasteiger partial charge in [-0.3, -0.25) is 0 Å². The van der Waals surface area contributed by atoms with Crippen LogP contribution in [0.5, 0.6) is 5.88 Å². The number of hydrogen-bond acceptors (Lipinski definition) is 2. The van der Waals surface area contributed by atoms with Crippen molar-refractivity contribution >= 4 is 0 Å². The summed E-state index contributed by atoms with van der Waals surface area (Å²) in [5.41, 5.74) is 0. The van der Waals surface area contributed by atoms with Crippen LogP contribution >= 0.6 is 0 Å². The first kappa shape index (κ1) is 16.0. The van der Waals surface area contributed by atoms with E-state index in [1.54, 1.807) is 19.4 Å². The molecule has 1 aliphatic rings. The van der Waals surface area contributed by atoms with Gasteiger partial charge in [0.05, 0.1) is 7.11 Å². The third-order valence-electron chi connectivity index (χ3n) is 2.74. The van der Waals surface area contributed by atoms with Gasteiger partial charge in [0.2, 0.25) is 5.88 Å². The number of nitrogens with zero attached hydrogens (tertiary/aromatic N) is 1. The fraction of sp³-hybridized carbons (Fsp3) is 0.667. The standard InChI is InChI=1S/C7H14.C6H7NO.C2H6/c1-7-5-3-2-4-6-7;1-8-6-4-2-3-5-7-6;1-2/h7H,2-6H2,1H3;2-5H,1H3;1-2H3. The minimum atomic E-state index is 0.660. The lowest BCUT2D eigenvalue weighted by Crippen LogP contribution is -1.99. The quantitative estimate of drug-likeness (QED) is 0.706. The summed E-state index contributed by atoms with van der Waals surface area (Å²) in [7, 11) is 1.60. The highest BCUT2D eigenvalue weighted by molar-refractivity contribution is 5.08. The SMILES string of the molecule is CC.CC1CCCCC1.COc1ccccn1. The lowest BCUT2D eigenvalue weighted by molar-refractivity contribution is 0.385. The van der Waals surface area contributed by atoms with Gasteiger partial charge in [0.1, 0.15) is 0 Å². The molecule has 0 aliphatic heterocycles. The number of hydrogen-bond donors (Lipinski definition) is 0. The zero-order valence-electron chi connectivity index (χ0n) is 11.8. The van der Waals surface area contributed by atoms with E-state index in [-0.39, 0.29) is 0 Å². The first-order chi connectivity index (χ1) is 8.33. The van der Waals surface area contributed by atoms with Crippen molar-refractivity contribution in [1.82, 2.24) is 4.98 Å². The van der Waals surface area contributed by atoms with Crippen LogP contribution in [0.4, 0.5) is 0 Å². The normalized spacial score (nSPS) is 14.8.